The molecule has 0 heterocycles. The summed E-state index contributed by atoms with van der Waals surface area (Å²) in [4.78, 5) is 10.9. The largest absolute Gasteiger partial charge is 0.491 e. The maximum Gasteiger partial charge on any atom is 0.338 e. The second kappa shape index (κ2) is 5.09. The molecule has 1 aromatic rings. The van der Waals surface area contributed by atoms with Gasteiger partial charge in [-0.1, -0.05) is 12.1 Å². The number of ether oxygens (including phenoxy) is 1. The highest BCUT2D eigenvalue weighted by molar-refractivity contribution is 5.70. The maximum atomic E-state index is 10.9. The Labute approximate surface area is 112 Å². The Balaban J connectivity index is 2.15. The zero-order chi connectivity index (χ0) is 14.0. The van der Waals surface area contributed by atoms with Crippen LogP contribution in [0.4, 0.5) is 4.79 Å². The van der Waals surface area contributed by atoms with E-state index in [1.54, 1.807) is 0 Å². The van der Waals surface area contributed by atoms with Gasteiger partial charge in [0.2, 0.25) is 0 Å². The van der Waals surface area contributed by atoms with E-state index in [1.165, 1.54) is 0 Å². The van der Waals surface area contributed by atoms with Gasteiger partial charge in [0.1, 0.15) is 5.75 Å². The molecule has 0 radical (unpaired) electrons. The number of nitrogens with zero attached hydrogens (tertiary/aromatic N) is 1. The van der Waals surface area contributed by atoms with Crippen LogP contribution in [0.25, 0.3) is 0 Å². The third kappa shape index (κ3) is 3.17. The molecule has 0 atom stereocenters. The number of urea groups is 1. The van der Waals surface area contributed by atoms with Crippen LogP contribution in [0, 0.1) is 0 Å². The molecule has 0 aliphatic heterocycles. The van der Waals surface area contributed by atoms with Crippen molar-refractivity contribution in [2.45, 2.75) is 38.2 Å². The van der Waals surface area contributed by atoms with Crippen LogP contribution >= 0.6 is 0 Å². The Bertz CT molecular complexity index is 470. The lowest BCUT2D eigenvalue weighted by atomic mass is 9.95. The minimum Gasteiger partial charge on any atom is -0.491 e. The van der Waals surface area contributed by atoms with Crippen LogP contribution in [0.15, 0.2) is 24.3 Å². The Hall–Kier alpha value is -1.75. The van der Waals surface area contributed by atoms with Gasteiger partial charge in [-0.05, 0) is 44.4 Å². The molecule has 0 aromatic heterocycles. The molecular weight excluding hydrogens is 244 g/mol. The number of primary amides is 1. The first-order valence-corrected chi connectivity index (χ1v) is 6.46. The molecule has 0 unspecified atom stereocenters. The highest BCUT2D eigenvalue weighted by Gasteiger charge is 2.46. The van der Waals surface area contributed by atoms with Crippen molar-refractivity contribution in [1.29, 1.82) is 0 Å². The van der Waals surface area contributed by atoms with Crippen molar-refractivity contribution in [3.05, 3.63) is 29.8 Å². The van der Waals surface area contributed by atoms with Gasteiger partial charge in [-0.15, -0.1) is 0 Å². The molecule has 1 aromatic carbocycles. The predicted octanol–water partition coefficient (Wildman–Crippen LogP) is 2.28. The molecule has 19 heavy (non-hydrogen) atoms. The van der Waals surface area contributed by atoms with Gasteiger partial charge in [0, 0.05) is 5.41 Å². The molecule has 1 aliphatic carbocycles. The van der Waals surface area contributed by atoms with Crippen molar-refractivity contribution in [3.63, 3.8) is 0 Å². The molecule has 2 amide bonds. The van der Waals surface area contributed by atoms with Crippen molar-refractivity contribution >= 4 is 6.03 Å². The topological polar surface area (TPSA) is 75.8 Å². The molecule has 1 aliphatic rings. The van der Waals surface area contributed by atoms with E-state index < -0.39 is 6.03 Å². The fourth-order valence-electron chi connectivity index (χ4n) is 2.23. The lowest BCUT2D eigenvalue weighted by Crippen LogP contribution is -2.38. The Morgan fingerprint density at radius 1 is 1.53 bits per heavy atom. The zero-order valence-corrected chi connectivity index (χ0v) is 11.3. The monoisotopic (exact) mass is 264 g/mol. The number of hydrogen-bond acceptors (Lipinski definition) is 3. The molecule has 2 rings (SSSR count). The summed E-state index contributed by atoms with van der Waals surface area (Å²) in [6, 6.07) is 6.99. The summed E-state index contributed by atoms with van der Waals surface area (Å²) in [6.45, 7) is 4.18. The lowest BCUT2D eigenvalue weighted by Gasteiger charge is -2.21. The second-order valence-electron chi connectivity index (χ2n) is 5.37. The van der Waals surface area contributed by atoms with Crippen LogP contribution in [0.1, 0.15) is 32.3 Å². The molecule has 0 spiro atoms. The van der Waals surface area contributed by atoms with Crippen molar-refractivity contribution in [3.8, 4) is 5.75 Å². The third-order valence-electron chi connectivity index (χ3n) is 3.38. The summed E-state index contributed by atoms with van der Waals surface area (Å²) in [7, 11) is 0. The molecule has 1 fully saturated rings. The summed E-state index contributed by atoms with van der Waals surface area (Å²) < 4.78 is 5.66. The van der Waals surface area contributed by atoms with Gasteiger partial charge >= 0.3 is 6.03 Å². The van der Waals surface area contributed by atoms with Gasteiger partial charge < -0.3 is 10.5 Å². The molecule has 0 bridgehead atoms. The first-order chi connectivity index (χ1) is 8.93. The minimum absolute atomic E-state index is 0.116. The number of benzene rings is 1. The molecule has 104 valence electrons. The number of carbonyl (C=O) groups excluding carboxylic acids is 1. The highest BCUT2D eigenvalue weighted by atomic mass is 16.5. The second-order valence-corrected chi connectivity index (χ2v) is 5.37. The number of hydrogen-bond donors (Lipinski definition) is 2. The van der Waals surface area contributed by atoms with Crippen LogP contribution in [0.3, 0.4) is 0 Å². The fourth-order valence-corrected chi connectivity index (χ4v) is 2.23. The van der Waals surface area contributed by atoms with E-state index in [4.69, 9.17) is 10.5 Å². The van der Waals surface area contributed by atoms with Gasteiger partial charge in [-0.2, -0.15) is 0 Å². The fraction of sp³-hybridized carbons (Fsp3) is 0.500. The molecule has 1 saturated carbocycles. The number of amides is 2. The molecule has 5 heteroatoms. The summed E-state index contributed by atoms with van der Waals surface area (Å²) >= 11 is 0. The number of rotatable bonds is 5. The van der Waals surface area contributed by atoms with Crippen molar-refractivity contribution in [2.75, 3.05) is 6.54 Å². The van der Waals surface area contributed by atoms with E-state index in [9.17, 15) is 10.0 Å². The van der Waals surface area contributed by atoms with E-state index in [0.717, 1.165) is 24.2 Å². The van der Waals surface area contributed by atoms with Crippen molar-refractivity contribution < 1.29 is 14.7 Å². The zero-order valence-electron chi connectivity index (χ0n) is 11.3. The average Bonchev–Trinajstić information content (AvgIpc) is 3.09. The van der Waals surface area contributed by atoms with Crippen LogP contribution < -0.4 is 10.5 Å². The Kier molecular flexibility index (Phi) is 3.66. The lowest BCUT2D eigenvalue weighted by molar-refractivity contribution is -0.0463. The average molecular weight is 264 g/mol. The summed E-state index contributed by atoms with van der Waals surface area (Å²) in [5.74, 6) is 0.808. The number of hydroxylamine groups is 2. The maximum absolute atomic E-state index is 10.9. The van der Waals surface area contributed by atoms with Crippen LogP contribution in [0.2, 0.25) is 0 Å². The highest BCUT2D eigenvalue weighted by Crippen LogP contribution is 2.49. The standard InChI is InChI=1S/C14H20N2O3/c1-10(2)19-12-5-3-4-11(8-12)14(6-7-14)9-16(18)13(15)17/h3-5,8,10,18H,6-7,9H2,1-2H3,(H2,15,17). The molecule has 0 saturated heterocycles. The van der Waals surface area contributed by atoms with E-state index in [0.29, 0.717) is 5.06 Å². The van der Waals surface area contributed by atoms with Crippen LogP contribution in [-0.4, -0.2) is 29.0 Å². The third-order valence-corrected chi connectivity index (χ3v) is 3.38. The predicted molar refractivity (Wildman–Crippen MR) is 71.2 cm³/mol. The Morgan fingerprint density at radius 3 is 2.74 bits per heavy atom. The summed E-state index contributed by atoms with van der Waals surface area (Å²) in [5.41, 5.74) is 5.95. The first-order valence-electron chi connectivity index (χ1n) is 6.46. The molecule has 3 N–H and O–H groups in total. The van der Waals surface area contributed by atoms with Crippen molar-refractivity contribution in [1.82, 2.24) is 5.06 Å². The first kappa shape index (κ1) is 13.7. The van der Waals surface area contributed by atoms with E-state index >= 15 is 0 Å². The quantitative estimate of drug-likeness (QED) is 0.632. The number of nitrogens with two attached hydrogens (primary N) is 1. The van der Waals surface area contributed by atoms with Gasteiger partial charge in [0.05, 0.1) is 12.6 Å². The van der Waals surface area contributed by atoms with Crippen molar-refractivity contribution in [2.24, 2.45) is 5.73 Å². The smallest absolute Gasteiger partial charge is 0.338 e. The number of carbonyl (C=O) groups is 1. The van der Waals surface area contributed by atoms with E-state index in [-0.39, 0.29) is 18.1 Å². The van der Waals surface area contributed by atoms with E-state index in [2.05, 4.69) is 0 Å². The van der Waals surface area contributed by atoms with E-state index in [1.807, 2.05) is 38.1 Å². The molecular formula is C14H20N2O3. The summed E-state index contributed by atoms with van der Waals surface area (Å²) in [6.07, 6.45) is 1.98. The van der Waals surface area contributed by atoms with Gasteiger partial charge in [0.15, 0.2) is 0 Å². The van der Waals surface area contributed by atoms with Crippen LogP contribution in [-0.2, 0) is 5.41 Å². The van der Waals surface area contributed by atoms with Gasteiger partial charge in [-0.25, -0.2) is 9.86 Å². The minimum atomic E-state index is -0.819. The van der Waals surface area contributed by atoms with Gasteiger partial charge in [-0.3, -0.25) is 5.21 Å². The Morgan fingerprint density at radius 2 is 2.21 bits per heavy atom. The van der Waals surface area contributed by atoms with Crippen LogP contribution in [0.5, 0.6) is 5.75 Å². The normalized spacial score (nSPS) is 16.2. The molecule has 5 nitrogen and oxygen atoms in total. The SMILES string of the molecule is CC(C)Oc1cccc(C2(CN(O)C(N)=O)CC2)c1. The van der Waals surface area contributed by atoms with Gasteiger partial charge in [0.25, 0.3) is 0 Å². The summed E-state index contributed by atoms with van der Waals surface area (Å²) in [5, 5.41) is 10.1.